The fraction of sp³-hybridized carbons (Fsp3) is 0.474. The van der Waals surface area contributed by atoms with Crippen LogP contribution in [0.2, 0.25) is 0 Å². The zero-order valence-corrected chi connectivity index (χ0v) is 16.9. The minimum absolute atomic E-state index is 0.0171. The van der Waals surface area contributed by atoms with Crippen molar-refractivity contribution in [3.05, 3.63) is 39.6 Å². The lowest BCUT2D eigenvalue weighted by molar-refractivity contribution is -0.384. The Morgan fingerprint density at radius 2 is 1.72 bits per heavy atom. The first-order chi connectivity index (χ1) is 13.6. The molecule has 0 bridgehead atoms. The Morgan fingerprint density at radius 1 is 1.14 bits per heavy atom. The molecule has 10 nitrogen and oxygen atoms in total. The molecule has 2 aliphatic heterocycles. The first kappa shape index (κ1) is 20.6. The molecular weight excluding hydrogens is 380 g/mol. The van der Waals surface area contributed by atoms with E-state index in [9.17, 15) is 19.7 Å². The number of likely N-dealkylation sites (N-methyl/N-ethyl adjacent to an activating group) is 1. The smallest absolute Gasteiger partial charge is 0.350 e. The monoisotopic (exact) mass is 404 g/mol. The number of ether oxygens (including phenoxy) is 2. The topological polar surface area (TPSA) is 114 Å². The number of esters is 2. The third-order valence-corrected chi connectivity index (χ3v) is 4.85. The van der Waals surface area contributed by atoms with Crippen LogP contribution in [0.1, 0.15) is 19.4 Å². The molecular formula is C19H24N4O6. The van der Waals surface area contributed by atoms with Crippen molar-refractivity contribution in [2.45, 2.75) is 26.6 Å². The summed E-state index contributed by atoms with van der Waals surface area (Å²) in [4.78, 5) is 39.4. The van der Waals surface area contributed by atoms with Gasteiger partial charge in [-0.2, -0.15) is 0 Å². The largest absolute Gasteiger partial charge is 0.419 e. The Bertz CT molecular complexity index is 865. The molecule has 0 aliphatic carbocycles. The molecule has 2 heterocycles. The van der Waals surface area contributed by atoms with Crippen molar-refractivity contribution in [2.24, 2.45) is 0 Å². The summed E-state index contributed by atoms with van der Waals surface area (Å²) in [6.07, 6.45) is 1.21. The number of cyclic esters (lactones) is 2. The molecule has 2 aliphatic rings. The molecule has 3 rings (SSSR count). The molecule has 156 valence electrons. The Labute approximate surface area is 168 Å². The predicted octanol–water partition coefficient (Wildman–Crippen LogP) is 1.79. The van der Waals surface area contributed by atoms with Gasteiger partial charge >= 0.3 is 11.9 Å². The number of piperazine rings is 1. The van der Waals surface area contributed by atoms with Crippen LogP contribution < -0.4 is 10.2 Å². The standard InChI is InChI=1S/C19H24N4O6/c1-12-9-16(23(26)27)15(22-7-5-21(4)6-8-22)10-14(12)20-11-13-17(24)28-19(2,3)29-18(13)25/h9-11,20H,5-8H2,1-4H3. The SMILES string of the molecule is Cc1cc([N+](=O)[O-])c(N2CCN(C)CC2)cc1NC=C1C(=O)OC(C)(C)OC1=O. The van der Waals surface area contributed by atoms with Crippen LogP contribution >= 0.6 is 0 Å². The predicted molar refractivity (Wildman–Crippen MR) is 106 cm³/mol. The number of carbonyl (C=O) groups excluding carboxylic acids is 2. The Kier molecular flexibility index (Phi) is 5.47. The van der Waals surface area contributed by atoms with Gasteiger partial charge in [0.25, 0.3) is 11.5 Å². The lowest BCUT2D eigenvalue weighted by Gasteiger charge is -2.34. The van der Waals surface area contributed by atoms with Gasteiger partial charge < -0.3 is 24.6 Å². The van der Waals surface area contributed by atoms with Crippen LogP contribution in [-0.2, 0) is 19.1 Å². The highest BCUT2D eigenvalue weighted by Crippen LogP contribution is 2.34. The summed E-state index contributed by atoms with van der Waals surface area (Å²) < 4.78 is 10.1. The molecule has 1 N–H and O–H groups in total. The molecule has 10 heteroatoms. The van der Waals surface area contributed by atoms with Gasteiger partial charge in [-0.1, -0.05) is 0 Å². The highest BCUT2D eigenvalue weighted by atomic mass is 16.7. The van der Waals surface area contributed by atoms with Crippen molar-refractivity contribution in [1.29, 1.82) is 0 Å². The third-order valence-electron chi connectivity index (χ3n) is 4.85. The zero-order valence-electron chi connectivity index (χ0n) is 16.9. The van der Waals surface area contributed by atoms with E-state index in [1.165, 1.54) is 26.1 Å². The molecule has 0 spiro atoms. The summed E-state index contributed by atoms with van der Waals surface area (Å²) in [5, 5.41) is 14.5. The summed E-state index contributed by atoms with van der Waals surface area (Å²) in [6.45, 7) is 7.56. The number of hydrogen-bond donors (Lipinski definition) is 1. The molecule has 29 heavy (non-hydrogen) atoms. The summed E-state index contributed by atoms with van der Waals surface area (Å²) in [6, 6.07) is 3.15. The van der Waals surface area contributed by atoms with Crippen LogP contribution in [0.25, 0.3) is 0 Å². The lowest BCUT2D eigenvalue weighted by atomic mass is 10.1. The molecule has 1 aromatic carbocycles. The van der Waals surface area contributed by atoms with E-state index < -0.39 is 22.6 Å². The summed E-state index contributed by atoms with van der Waals surface area (Å²) in [5.41, 5.74) is 1.38. The van der Waals surface area contributed by atoms with Crippen molar-refractivity contribution in [2.75, 3.05) is 43.4 Å². The maximum atomic E-state index is 12.1. The molecule has 0 radical (unpaired) electrons. The Balaban J connectivity index is 1.90. The van der Waals surface area contributed by atoms with E-state index in [1.54, 1.807) is 13.0 Å². The van der Waals surface area contributed by atoms with Gasteiger partial charge in [-0.05, 0) is 25.6 Å². The number of nitrogens with one attached hydrogen (secondary N) is 1. The minimum atomic E-state index is -1.32. The van der Waals surface area contributed by atoms with Crippen LogP contribution in [0.15, 0.2) is 23.9 Å². The highest BCUT2D eigenvalue weighted by molar-refractivity contribution is 6.15. The van der Waals surface area contributed by atoms with E-state index in [4.69, 9.17) is 9.47 Å². The number of aryl methyl sites for hydroxylation is 1. The zero-order chi connectivity index (χ0) is 21.3. The molecule has 2 fully saturated rings. The van der Waals surface area contributed by atoms with Gasteiger partial charge in [-0.3, -0.25) is 10.1 Å². The molecule has 2 saturated heterocycles. The van der Waals surface area contributed by atoms with Gasteiger partial charge in [0.05, 0.1) is 4.92 Å². The van der Waals surface area contributed by atoms with Gasteiger partial charge in [0.2, 0.25) is 0 Å². The fourth-order valence-electron chi connectivity index (χ4n) is 3.21. The van der Waals surface area contributed by atoms with Crippen LogP contribution in [-0.4, -0.2) is 60.8 Å². The van der Waals surface area contributed by atoms with E-state index in [1.807, 2.05) is 11.9 Å². The van der Waals surface area contributed by atoms with Crippen molar-refractivity contribution >= 4 is 29.0 Å². The Hall–Kier alpha value is -3.14. The van der Waals surface area contributed by atoms with Crippen molar-refractivity contribution in [1.82, 2.24) is 4.90 Å². The number of hydrogen-bond acceptors (Lipinski definition) is 9. The first-order valence-electron chi connectivity index (χ1n) is 9.23. The van der Waals surface area contributed by atoms with E-state index >= 15 is 0 Å². The number of nitro groups is 1. The van der Waals surface area contributed by atoms with E-state index in [0.29, 0.717) is 30.0 Å². The number of rotatable bonds is 4. The van der Waals surface area contributed by atoms with Crippen molar-refractivity contribution in [3.8, 4) is 0 Å². The summed E-state index contributed by atoms with van der Waals surface area (Å²) in [5.74, 6) is -2.90. The van der Waals surface area contributed by atoms with Gasteiger partial charge in [0.1, 0.15) is 5.69 Å². The molecule has 0 atom stereocenters. The van der Waals surface area contributed by atoms with Crippen molar-refractivity contribution in [3.63, 3.8) is 0 Å². The molecule has 0 amide bonds. The number of nitro benzene ring substituents is 1. The van der Waals surface area contributed by atoms with Gasteiger partial charge in [0.15, 0.2) is 5.57 Å². The minimum Gasteiger partial charge on any atom is -0.419 e. The van der Waals surface area contributed by atoms with Gasteiger partial charge in [-0.15, -0.1) is 0 Å². The molecule has 0 saturated carbocycles. The summed E-state index contributed by atoms with van der Waals surface area (Å²) >= 11 is 0. The summed E-state index contributed by atoms with van der Waals surface area (Å²) in [7, 11) is 2.00. The fourth-order valence-corrected chi connectivity index (χ4v) is 3.21. The lowest BCUT2D eigenvalue weighted by Crippen LogP contribution is -2.44. The van der Waals surface area contributed by atoms with E-state index in [2.05, 4.69) is 10.2 Å². The average molecular weight is 404 g/mol. The van der Waals surface area contributed by atoms with Crippen molar-refractivity contribution < 1.29 is 24.0 Å². The van der Waals surface area contributed by atoms with Gasteiger partial charge in [-0.25, -0.2) is 9.59 Å². The maximum Gasteiger partial charge on any atom is 0.350 e. The van der Waals surface area contributed by atoms with Gasteiger partial charge in [0, 0.05) is 58.0 Å². The van der Waals surface area contributed by atoms with Crippen LogP contribution in [0.4, 0.5) is 17.1 Å². The number of benzene rings is 1. The average Bonchev–Trinajstić information content (AvgIpc) is 2.61. The van der Waals surface area contributed by atoms with Crippen LogP contribution in [0.3, 0.4) is 0 Å². The second-order valence-corrected chi connectivity index (χ2v) is 7.58. The second-order valence-electron chi connectivity index (χ2n) is 7.58. The van der Waals surface area contributed by atoms with Crippen LogP contribution in [0, 0.1) is 17.0 Å². The van der Waals surface area contributed by atoms with E-state index in [-0.39, 0.29) is 11.3 Å². The highest BCUT2D eigenvalue weighted by Gasteiger charge is 2.39. The first-order valence-corrected chi connectivity index (χ1v) is 9.23. The molecule has 0 unspecified atom stereocenters. The number of anilines is 2. The normalized spacial score (nSPS) is 19.4. The van der Waals surface area contributed by atoms with Crippen LogP contribution in [0.5, 0.6) is 0 Å². The second kappa shape index (κ2) is 7.70. The molecule has 0 aromatic heterocycles. The molecule has 1 aromatic rings. The van der Waals surface area contributed by atoms with E-state index in [0.717, 1.165) is 13.1 Å². The quantitative estimate of drug-likeness (QED) is 0.264. The number of carbonyl (C=O) groups is 2. The third kappa shape index (κ3) is 4.48. The maximum absolute atomic E-state index is 12.1. The number of nitrogens with zero attached hydrogens (tertiary/aromatic N) is 3. The Morgan fingerprint density at radius 3 is 2.28 bits per heavy atom.